The van der Waals surface area contributed by atoms with Gasteiger partial charge in [-0.2, -0.15) is 26.3 Å². The van der Waals surface area contributed by atoms with Crippen molar-refractivity contribution >= 4 is 11.4 Å². The summed E-state index contributed by atoms with van der Waals surface area (Å²) in [5, 5.41) is 0. The van der Waals surface area contributed by atoms with Crippen LogP contribution in [0.15, 0.2) is 61.2 Å². The second-order valence-corrected chi connectivity index (χ2v) is 13.8. The predicted molar refractivity (Wildman–Crippen MR) is 179 cm³/mol. The van der Waals surface area contributed by atoms with E-state index >= 15 is 0 Å². The Kier molecular flexibility index (Phi) is 7.12. The first-order valence-corrected chi connectivity index (χ1v) is 17.3. The van der Waals surface area contributed by atoms with Crippen molar-refractivity contribution in [2.24, 2.45) is 0 Å². The number of rotatable bonds is 4. The van der Waals surface area contributed by atoms with E-state index in [1.54, 1.807) is 21.5 Å². The number of imidazole rings is 2. The highest BCUT2D eigenvalue weighted by Crippen LogP contribution is 2.47. The van der Waals surface area contributed by atoms with Crippen LogP contribution in [-0.2, 0) is 38.0 Å². The average molecular weight is 689 g/mol. The fourth-order valence-electron chi connectivity index (χ4n) is 8.71. The van der Waals surface area contributed by atoms with Gasteiger partial charge in [-0.05, 0) is 110 Å². The van der Waals surface area contributed by atoms with Gasteiger partial charge in [0.1, 0.15) is 11.6 Å². The molecule has 0 spiro atoms. The second kappa shape index (κ2) is 11.4. The predicted octanol–water partition coefficient (Wildman–Crippen LogP) is 8.83. The van der Waals surface area contributed by atoms with Gasteiger partial charge < -0.3 is 9.80 Å². The number of nitrogens with zero attached hydrogens (tertiary/aromatic N) is 6. The fraction of sp³-hybridized carbons (Fsp3) is 0.368. The first kappa shape index (κ1) is 31.3. The van der Waals surface area contributed by atoms with E-state index in [0.29, 0.717) is 12.1 Å². The third-order valence-corrected chi connectivity index (χ3v) is 10.7. The standard InChI is InChI=1S/C38H34F6N6/c39-37(40,41)31-21-29(35-45-9-15-49(35)27-17-23-5-1-11-47-12-2-6-24(18-27)33(23)47)30(22-32(31)38(42,43)44)36-46-10-16-50(36)28-19-25-7-3-13-48-14-4-8-26(20-28)34(25)48/h9-10,15-22H,1-8,11-14H2. The molecule has 3 aromatic carbocycles. The number of halogens is 6. The van der Waals surface area contributed by atoms with Crippen molar-refractivity contribution in [1.29, 1.82) is 0 Å². The molecule has 6 heterocycles. The molecule has 0 amide bonds. The maximum absolute atomic E-state index is 14.5. The van der Waals surface area contributed by atoms with Gasteiger partial charge in [-0.1, -0.05) is 0 Å². The van der Waals surface area contributed by atoms with Crippen LogP contribution < -0.4 is 9.80 Å². The molecule has 0 saturated carbocycles. The first-order chi connectivity index (χ1) is 24.0. The van der Waals surface area contributed by atoms with Crippen LogP contribution in [0, 0.1) is 0 Å². The average Bonchev–Trinajstić information content (AvgIpc) is 3.78. The lowest BCUT2D eigenvalue weighted by atomic mass is 9.91. The van der Waals surface area contributed by atoms with E-state index < -0.39 is 23.5 Å². The lowest BCUT2D eigenvalue weighted by Crippen LogP contribution is -2.34. The quantitative estimate of drug-likeness (QED) is 0.177. The Balaban J connectivity index is 1.26. The van der Waals surface area contributed by atoms with Gasteiger partial charge in [0.2, 0.25) is 0 Å². The highest BCUT2D eigenvalue weighted by atomic mass is 19.4. The zero-order chi connectivity index (χ0) is 34.4. The van der Waals surface area contributed by atoms with Crippen LogP contribution in [0.25, 0.3) is 34.2 Å². The molecule has 0 atom stereocenters. The lowest BCUT2D eigenvalue weighted by molar-refractivity contribution is -0.162. The minimum Gasteiger partial charge on any atom is -0.371 e. The molecule has 0 radical (unpaired) electrons. The van der Waals surface area contributed by atoms with Gasteiger partial charge in [0.15, 0.2) is 0 Å². The Labute approximate surface area is 285 Å². The Morgan fingerprint density at radius 2 is 0.820 bits per heavy atom. The molecule has 9 rings (SSSR count). The maximum Gasteiger partial charge on any atom is 0.417 e. The maximum atomic E-state index is 14.5. The summed E-state index contributed by atoms with van der Waals surface area (Å²) < 4.78 is 90.4. The van der Waals surface area contributed by atoms with Crippen LogP contribution in [0.4, 0.5) is 37.7 Å². The molecular weight excluding hydrogens is 654 g/mol. The summed E-state index contributed by atoms with van der Waals surface area (Å²) in [7, 11) is 0. The Morgan fingerprint density at radius 1 is 0.480 bits per heavy atom. The summed E-state index contributed by atoms with van der Waals surface area (Å²) in [6, 6.07) is 9.37. The molecule has 0 unspecified atom stereocenters. The van der Waals surface area contributed by atoms with Gasteiger partial charge >= 0.3 is 12.4 Å². The molecule has 4 aliphatic heterocycles. The molecule has 258 valence electrons. The molecule has 0 saturated heterocycles. The molecule has 6 nitrogen and oxygen atoms in total. The summed E-state index contributed by atoms with van der Waals surface area (Å²) in [6.45, 7) is 3.95. The van der Waals surface area contributed by atoms with Crippen LogP contribution in [0.5, 0.6) is 0 Å². The third-order valence-electron chi connectivity index (χ3n) is 10.7. The smallest absolute Gasteiger partial charge is 0.371 e. The van der Waals surface area contributed by atoms with Crippen molar-refractivity contribution in [3.05, 3.63) is 94.6 Å². The van der Waals surface area contributed by atoms with Crippen LogP contribution in [-0.4, -0.2) is 45.3 Å². The monoisotopic (exact) mass is 688 g/mol. The fourth-order valence-corrected chi connectivity index (χ4v) is 8.71. The number of anilines is 2. The van der Waals surface area contributed by atoms with Crippen molar-refractivity contribution in [3.8, 4) is 34.2 Å². The van der Waals surface area contributed by atoms with Crippen molar-refractivity contribution in [3.63, 3.8) is 0 Å². The van der Waals surface area contributed by atoms with E-state index in [1.165, 1.54) is 23.8 Å². The zero-order valence-corrected chi connectivity index (χ0v) is 27.2. The summed E-state index contributed by atoms with van der Waals surface area (Å²) in [5.41, 5.74) is 4.88. The summed E-state index contributed by atoms with van der Waals surface area (Å²) >= 11 is 0. The minimum absolute atomic E-state index is 0.0822. The number of aromatic nitrogens is 4. The molecule has 2 aromatic heterocycles. The van der Waals surface area contributed by atoms with E-state index in [2.05, 4.69) is 19.8 Å². The molecule has 4 aliphatic rings. The summed E-state index contributed by atoms with van der Waals surface area (Å²) in [4.78, 5) is 13.8. The highest BCUT2D eigenvalue weighted by Gasteiger charge is 2.44. The molecule has 0 N–H and O–H groups in total. The van der Waals surface area contributed by atoms with Crippen LogP contribution in [0.3, 0.4) is 0 Å². The molecule has 0 aliphatic carbocycles. The number of hydrogen-bond donors (Lipinski definition) is 0. The topological polar surface area (TPSA) is 42.1 Å². The molecule has 12 heteroatoms. The van der Waals surface area contributed by atoms with Crippen LogP contribution in [0.1, 0.15) is 59.1 Å². The number of hydrogen-bond acceptors (Lipinski definition) is 4. The van der Waals surface area contributed by atoms with E-state index in [-0.39, 0.29) is 22.8 Å². The van der Waals surface area contributed by atoms with Gasteiger partial charge in [0, 0.05) is 84.8 Å². The largest absolute Gasteiger partial charge is 0.417 e. The number of alkyl halides is 6. The number of benzene rings is 3. The number of aryl methyl sites for hydroxylation is 4. The van der Waals surface area contributed by atoms with E-state index in [9.17, 15) is 26.3 Å². The third kappa shape index (κ3) is 5.09. The molecule has 0 fully saturated rings. The molecule has 5 aromatic rings. The molecule has 50 heavy (non-hydrogen) atoms. The van der Waals surface area contributed by atoms with Gasteiger partial charge in [0.25, 0.3) is 0 Å². The van der Waals surface area contributed by atoms with Gasteiger partial charge in [0.05, 0.1) is 11.1 Å². The van der Waals surface area contributed by atoms with Crippen LogP contribution >= 0.6 is 0 Å². The normalized spacial score (nSPS) is 17.2. The second-order valence-electron chi connectivity index (χ2n) is 13.8. The Bertz CT molecular complexity index is 1930. The Morgan fingerprint density at radius 3 is 1.14 bits per heavy atom. The van der Waals surface area contributed by atoms with E-state index in [0.717, 1.165) is 111 Å². The molecular formula is C38H34F6N6. The zero-order valence-electron chi connectivity index (χ0n) is 27.2. The molecule has 0 bridgehead atoms. The Hall–Kier alpha value is -4.74. The van der Waals surface area contributed by atoms with Crippen molar-refractivity contribution < 1.29 is 26.3 Å². The van der Waals surface area contributed by atoms with Crippen molar-refractivity contribution in [1.82, 2.24) is 19.1 Å². The van der Waals surface area contributed by atoms with Crippen LogP contribution in [0.2, 0.25) is 0 Å². The lowest BCUT2D eigenvalue weighted by Gasteiger charge is -2.37. The van der Waals surface area contributed by atoms with Gasteiger partial charge in [-0.15, -0.1) is 0 Å². The van der Waals surface area contributed by atoms with Crippen molar-refractivity contribution in [2.45, 2.75) is 63.7 Å². The van der Waals surface area contributed by atoms with Gasteiger partial charge in [-0.3, -0.25) is 9.13 Å². The SMILES string of the molecule is FC(F)(F)c1cc(-c2nccn2-c2cc3c4c(c2)CCCN4CCC3)c(-c2nccn2-c2cc3c4c(c2)CCCN4CCC3)cc1C(F)(F)F. The summed E-state index contributed by atoms with van der Waals surface area (Å²) in [5.74, 6) is 0.223. The van der Waals surface area contributed by atoms with Gasteiger partial charge in [-0.25, -0.2) is 9.97 Å². The summed E-state index contributed by atoms with van der Waals surface area (Å²) in [6.07, 6.45) is 3.23. The minimum atomic E-state index is -5.27. The highest BCUT2D eigenvalue weighted by molar-refractivity contribution is 5.82. The van der Waals surface area contributed by atoms with E-state index in [4.69, 9.17) is 0 Å². The van der Waals surface area contributed by atoms with Crippen molar-refractivity contribution in [2.75, 3.05) is 36.0 Å². The van der Waals surface area contributed by atoms with E-state index in [1.807, 2.05) is 24.3 Å². The first-order valence-electron chi connectivity index (χ1n) is 17.3.